The van der Waals surface area contributed by atoms with Crippen LogP contribution in [0.3, 0.4) is 0 Å². The van der Waals surface area contributed by atoms with Crippen molar-refractivity contribution in [2.24, 2.45) is 4.99 Å². The van der Waals surface area contributed by atoms with Crippen molar-refractivity contribution in [1.29, 1.82) is 0 Å². The normalized spacial score (nSPS) is 21.7. The molecular formula is C22H25N3O3S2. The Morgan fingerprint density at radius 1 is 1.07 bits per heavy atom. The summed E-state index contributed by atoms with van der Waals surface area (Å²) in [5.41, 5.74) is 4.27. The van der Waals surface area contributed by atoms with Gasteiger partial charge in [-0.05, 0) is 36.6 Å². The predicted molar refractivity (Wildman–Crippen MR) is 123 cm³/mol. The zero-order valence-corrected chi connectivity index (χ0v) is 18.4. The van der Waals surface area contributed by atoms with E-state index >= 15 is 0 Å². The molecule has 1 amide bonds. The van der Waals surface area contributed by atoms with Gasteiger partial charge in [0.15, 0.2) is 15.0 Å². The number of aliphatic imine (C=N–C) groups is 1. The summed E-state index contributed by atoms with van der Waals surface area (Å²) in [5, 5.41) is 7.02. The summed E-state index contributed by atoms with van der Waals surface area (Å²) in [7, 11) is -2.94. The molecule has 1 saturated heterocycles. The first-order valence-electron chi connectivity index (χ1n) is 9.99. The first kappa shape index (κ1) is 20.9. The Labute approximate surface area is 181 Å². The van der Waals surface area contributed by atoms with Gasteiger partial charge in [-0.3, -0.25) is 9.79 Å². The molecule has 2 aromatic rings. The molecule has 2 aliphatic rings. The van der Waals surface area contributed by atoms with E-state index in [-0.39, 0.29) is 28.7 Å². The van der Waals surface area contributed by atoms with Crippen molar-refractivity contribution in [3.05, 3.63) is 65.2 Å². The van der Waals surface area contributed by atoms with Crippen LogP contribution in [-0.4, -0.2) is 48.8 Å². The van der Waals surface area contributed by atoms with Crippen LogP contribution in [0, 0.1) is 6.92 Å². The minimum atomic E-state index is -2.94. The molecule has 8 heteroatoms. The van der Waals surface area contributed by atoms with Crippen molar-refractivity contribution in [2.75, 3.05) is 23.4 Å². The molecule has 4 rings (SSSR count). The van der Waals surface area contributed by atoms with E-state index in [2.05, 4.69) is 46.8 Å². The number of nitrogens with zero attached hydrogens (tertiary/aromatic N) is 1. The smallest absolute Gasteiger partial charge is 0.224 e. The average molecular weight is 444 g/mol. The number of nitrogens with one attached hydrogen (secondary N) is 2. The number of thioether (sulfide) groups is 1. The lowest BCUT2D eigenvalue weighted by Gasteiger charge is -2.09. The summed E-state index contributed by atoms with van der Waals surface area (Å²) in [6.45, 7) is 2.68. The number of hydrogen-bond donors (Lipinski definition) is 2. The summed E-state index contributed by atoms with van der Waals surface area (Å²) in [6.07, 6.45) is 1.16. The lowest BCUT2D eigenvalue weighted by Crippen LogP contribution is -2.27. The third-order valence-electron chi connectivity index (χ3n) is 5.24. The molecule has 0 bridgehead atoms. The molecule has 6 nitrogen and oxygen atoms in total. The Balaban J connectivity index is 1.23. The van der Waals surface area contributed by atoms with Crippen LogP contribution in [0.5, 0.6) is 0 Å². The second-order valence-electron chi connectivity index (χ2n) is 7.82. The molecule has 0 spiro atoms. The van der Waals surface area contributed by atoms with E-state index < -0.39 is 9.84 Å². The van der Waals surface area contributed by atoms with Crippen LogP contribution in [0.25, 0.3) is 0 Å². The van der Waals surface area contributed by atoms with Gasteiger partial charge in [0.2, 0.25) is 5.91 Å². The molecule has 2 heterocycles. The third kappa shape index (κ3) is 5.43. The zero-order valence-electron chi connectivity index (χ0n) is 16.8. The monoisotopic (exact) mass is 443 g/mol. The highest BCUT2D eigenvalue weighted by Crippen LogP contribution is 2.34. The van der Waals surface area contributed by atoms with Crippen LogP contribution in [0.4, 0.5) is 5.69 Å². The van der Waals surface area contributed by atoms with Crippen molar-refractivity contribution < 1.29 is 13.2 Å². The number of anilines is 1. The van der Waals surface area contributed by atoms with Gasteiger partial charge in [-0.1, -0.05) is 53.7 Å². The maximum atomic E-state index is 12.2. The van der Waals surface area contributed by atoms with Crippen LogP contribution in [0.15, 0.2) is 53.5 Å². The Kier molecular flexibility index (Phi) is 6.15. The Hall–Kier alpha value is -2.32. The highest BCUT2D eigenvalue weighted by atomic mass is 32.2. The summed E-state index contributed by atoms with van der Waals surface area (Å²) in [6, 6.07) is 15.9. The molecule has 0 unspecified atom stereocenters. The Morgan fingerprint density at radius 3 is 2.47 bits per heavy atom. The van der Waals surface area contributed by atoms with Gasteiger partial charge >= 0.3 is 0 Å². The van der Waals surface area contributed by atoms with Crippen molar-refractivity contribution >= 4 is 38.4 Å². The average Bonchev–Trinajstić information content (AvgIpc) is 3.17. The highest BCUT2D eigenvalue weighted by Gasteiger charge is 2.42. The maximum Gasteiger partial charge on any atom is 0.224 e. The van der Waals surface area contributed by atoms with E-state index in [4.69, 9.17) is 0 Å². The van der Waals surface area contributed by atoms with Crippen molar-refractivity contribution in [3.8, 4) is 0 Å². The minimum absolute atomic E-state index is 0.00702. The number of rotatable bonds is 6. The molecular weight excluding hydrogens is 418 g/mol. The van der Waals surface area contributed by atoms with Gasteiger partial charge < -0.3 is 10.6 Å². The zero-order chi connectivity index (χ0) is 21.1. The van der Waals surface area contributed by atoms with Gasteiger partial charge in [0, 0.05) is 17.5 Å². The van der Waals surface area contributed by atoms with Crippen molar-refractivity contribution in [3.63, 3.8) is 0 Å². The standard InChI is InChI=1S/C22H25N3O3S2/c1-15-2-4-16(5-3-15)10-11-23-21(26)12-17-6-8-18(9-7-17)24-22-25-19-13-30(27,28)14-20(19)29-22/h2-9,19-20H,10-14H2,1H3,(H,23,26)(H,24,25)/t19-,20+/m0/s1. The first-order chi connectivity index (χ1) is 14.4. The van der Waals surface area contributed by atoms with E-state index in [1.807, 2.05) is 24.3 Å². The molecule has 1 fully saturated rings. The maximum absolute atomic E-state index is 12.2. The number of amidine groups is 1. The molecule has 30 heavy (non-hydrogen) atoms. The number of carbonyl (C=O) groups excluding carboxylic acids is 1. The lowest BCUT2D eigenvalue weighted by molar-refractivity contribution is -0.120. The van der Waals surface area contributed by atoms with Crippen LogP contribution >= 0.6 is 11.8 Å². The second-order valence-corrected chi connectivity index (χ2v) is 11.2. The predicted octanol–water partition coefficient (Wildman–Crippen LogP) is 2.58. The van der Waals surface area contributed by atoms with Gasteiger partial charge in [-0.25, -0.2) is 8.42 Å². The van der Waals surface area contributed by atoms with Gasteiger partial charge in [0.25, 0.3) is 0 Å². The number of hydrogen-bond acceptors (Lipinski definition) is 6. The van der Waals surface area contributed by atoms with Gasteiger partial charge in [-0.2, -0.15) is 0 Å². The van der Waals surface area contributed by atoms with Gasteiger partial charge in [-0.15, -0.1) is 0 Å². The molecule has 2 N–H and O–H groups in total. The summed E-state index contributed by atoms with van der Waals surface area (Å²) >= 11 is 1.50. The summed E-state index contributed by atoms with van der Waals surface area (Å²) < 4.78 is 23.3. The molecule has 0 aromatic heterocycles. The number of sulfone groups is 1. The van der Waals surface area contributed by atoms with E-state index in [9.17, 15) is 13.2 Å². The Bertz CT molecular complexity index is 1050. The molecule has 2 aromatic carbocycles. The third-order valence-corrected chi connectivity index (χ3v) is 8.39. The number of aryl methyl sites for hydroxylation is 1. The van der Waals surface area contributed by atoms with Crippen LogP contribution in [-0.2, 0) is 27.5 Å². The molecule has 0 aliphatic carbocycles. The highest BCUT2D eigenvalue weighted by molar-refractivity contribution is 8.15. The fraction of sp³-hybridized carbons (Fsp3) is 0.364. The van der Waals surface area contributed by atoms with Gasteiger partial charge in [0.1, 0.15) is 0 Å². The molecule has 0 saturated carbocycles. The molecule has 2 aliphatic heterocycles. The number of carbonyl (C=O) groups is 1. The molecule has 158 valence electrons. The number of benzene rings is 2. The van der Waals surface area contributed by atoms with Crippen LogP contribution < -0.4 is 10.6 Å². The van der Waals surface area contributed by atoms with Crippen LogP contribution in [0.1, 0.15) is 16.7 Å². The van der Waals surface area contributed by atoms with E-state index in [1.165, 1.54) is 22.9 Å². The van der Waals surface area contributed by atoms with E-state index in [0.29, 0.717) is 13.0 Å². The Morgan fingerprint density at radius 2 is 1.77 bits per heavy atom. The topological polar surface area (TPSA) is 87.6 Å². The summed E-state index contributed by atoms with van der Waals surface area (Å²) in [5.74, 6) is 0.357. The van der Waals surface area contributed by atoms with Crippen LogP contribution in [0.2, 0.25) is 0 Å². The van der Waals surface area contributed by atoms with Crippen molar-refractivity contribution in [1.82, 2.24) is 5.32 Å². The minimum Gasteiger partial charge on any atom is -0.355 e. The fourth-order valence-electron chi connectivity index (χ4n) is 3.59. The second kappa shape index (κ2) is 8.81. The van der Waals surface area contributed by atoms with E-state index in [1.54, 1.807) is 0 Å². The SMILES string of the molecule is Cc1ccc(CCNC(=O)Cc2ccc(NC3=N[C@H]4CS(=O)(=O)C[C@H]4S3)cc2)cc1. The number of amides is 1. The first-order valence-corrected chi connectivity index (χ1v) is 12.7. The van der Waals surface area contributed by atoms with Gasteiger partial charge in [0.05, 0.1) is 24.0 Å². The fourth-order valence-corrected chi connectivity index (χ4v) is 7.27. The number of fused-ring (bicyclic) bond motifs is 1. The van der Waals surface area contributed by atoms with E-state index in [0.717, 1.165) is 22.8 Å². The largest absolute Gasteiger partial charge is 0.355 e. The molecule has 2 atom stereocenters. The quantitative estimate of drug-likeness (QED) is 0.717. The van der Waals surface area contributed by atoms with Crippen molar-refractivity contribution in [2.45, 2.75) is 31.1 Å². The summed E-state index contributed by atoms with van der Waals surface area (Å²) in [4.78, 5) is 16.7. The molecule has 0 radical (unpaired) electrons. The lowest BCUT2D eigenvalue weighted by atomic mass is 10.1.